The van der Waals surface area contributed by atoms with Crippen LogP contribution in [0.2, 0.25) is 0 Å². The van der Waals surface area contributed by atoms with Gasteiger partial charge in [-0.3, -0.25) is 4.79 Å². The number of nitrogens with zero attached hydrogens (tertiary/aromatic N) is 2. The van der Waals surface area contributed by atoms with Crippen LogP contribution in [0.15, 0.2) is 23.8 Å². The fourth-order valence-corrected chi connectivity index (χ4v) is 3.52. The Morgan fingerprint density at radius 1 is 1.22 bits per heavy atom. The van der Waals surface area contributed by atoms with E-state index in [4.69, 9.17) is 5.73 Å². The van der Waals surface area contributed by atoms with Gasteiger partial charge >= 0.3 is 6.03 Å². The van der Waals surface area contributed by atoms with Crippen LogP contribution < -0.4 is 5.73 Å². The van der Waals surface area contributed by atoms with Crippen LogP contribution in [0.3, 0.4) is 0 Å². The fraction of sp³-hybridized carbons (Fsp3) is 0.667. The summed E-state index contributed by atoms with van der Waals surface area (Å²) in [6, 6.07) is -0.411. The van der Waals surface area contributed by atoms with Crippen LogP contribution in [0.4, 0.5) is 4.79 Å². The molecule has 2 aliphatic rings. The minimum atomic E-state index is -0.411. The van der Waals surface area contributed by atoms with Crippen molar-refractivity contribution in [2.45, 2.75) is 34.1 Å². The van der Waals surface area contributed by atoms with Gasteiger partial charge in [-0.05, 0) is 30.8 Å². The summed E-state index contributed by atoms with van der Waals surface area (Å²) in [5.41, 5.74) is 6.76. The van der Waals surface area contributed by atoms with E-state index in [-0.39, 0.29) is 11.3 Å². The van der Waals surface area contributed by atoms with Gasteiger partial charge in [-0.15, -0.1) is 0 Å². The van der Waals surface area contributed by atoms with Crippen LogP contribution in [0, 0.1) is 17.3 Å². The van der Waals surface area contributed by atoms with Crippen molar-refractivity contribution in [2.24, 2.45) is 23.0 Å². The third-order valence-corrected chi connectivity index (χ3v) is 5.69. The smallest absolute Gasteiger partial charge is 0.314 e. The van der Waals surface area contributed by atoms with Crippen LogP contribution >= 0.6 is 0 Å². The molecule has 0 spiro atoms. The van der Waals surface area contributed by atoms with Gasteiger partial charge in [-0.25, -0.2) is 4.79 Å². The highest BCUT2D eigenvalue weighted by atomic mass is 16.2. The third kappa shape index (κ3) is 3.77. The van der Waals surface area contributed by atoms with Gasteiger partial charge in [0.2, 0.25) is 5.91 Å². The molecule has 128 valence electrons. The van der Waals surface area contributed by atoms with Gasteiger partial charge in [0, 0.05) is 32.1 Å². The largest absolute Gasteiger partial charge is 0.351 e. The number of urea groups is 1. The molecule has 0 aromatic heterocycles. The van der Waals surface area contributed by atoms with Crippen molar-refractivity contribution >= 4 is 11.9 Å². The molecule has 1 aliphatic heterocycles. The predicted octanol–water partition coefficient (Wildman–Crippen LogP) is 2.39. The second-order valence-corrected chi connectivity index (χ2v) is 7.39. The number of carbonyl (C=O) groups excluding carboxylic acids is 2. The van der Waals surface area contributed by atoms with Crippen molar-refractivity contribution in [3.8, 4) is 0 Å². The lowest BCUT2D eigenvalue weighted by Gasteiger charge is -2.42. The van der Waals surface area contributed by atoms with E-state index >= 15 is 0 Å². The number of primary amides is 1. The predicted molar refractivity (Wildman–Crippen MR) is 91.7 cm³/mol. The fourth-order valence-electron chi connectivity index (χ4n) is 3.52. The molecule has 2 rings (SSSR count). The highest BCUT2D eigenvalue weighted by Crippen LogP contribution is 2.45. The number of piperazine rings is 1. The number of rotatable bonds is 2. The van der Waals surface area contributed by atoms with Crippen LogP contribution in [0.25, 0.3) is 0 Å². The van der Waals surface area contributed by atoms with E-state index in [1.165, 1.54) is 5.57 Å². The van der Waals surface area contributed by atoms with Crippen LogP contribution in [0.1, 0.15) is 34.1 Å². The zero-order chi connectivity index (χ0) is 17.2. The van der Waals surface area contributed by atoms with Crippen molar-refractivity contribution in [2.75, 3.05) is 26.2 Å². The molecule has 2 N–H and O–H groups in total. The number of hydrogen-bond donors (Lipinski definition) is 1. The molecule has 0 radical (unpaired) electrons. The SMILES string of the molecule is CC1=CCC(C)C(C)(C)C1/C=C/C(=O)N1CCN(C(N)=O)CC1. The highest BCUT2D eigenvalue weighted by Gasteiger charge is 2.36. The molecule has 1 saturated heterocycles. The van der Waals surface area contributed by atoms with Crippen LogP contribution in [0.5, 0.6) is 0 Å². The Labute approximate surface area is 139 Å². The first-order valence-corrected chi connectivity index (χ1v) is 8.41. The van der Waals surface area contributed by atoms with E-state index in [0.29, 0.717) is 38.0 Å². The minimum absolute atomic E-state index is 0.0240. The molecular weight excluding hydrogens is 290 g/mol. The summed E-state index contributed by atoms with van der Waals surface area (Å²) in [6.07, 6.45) is 7.17. The van der Waals surface area contributed by atoms with Crippen LogP contribution in [-0.2, 0) is 4.79 Å². The number of allylic oxidation sites excluding steroid dienone is 3. The summed E-state index contributed by atoms with van der Waals surface area (Å²) in [5, 5.41) is 0. The number of nitrogens with two attached hydrogens (primary N) is 1. The topological polar surface area (TPSA) is 66.6 Å². The van der Waals surface area contributed by atoms with Crippen molar-refractivity contribution in [3.05, 3.63) is 23.8 Å². The summed E-state index contributed by atoms with van der Waals surface area (Å²) in [5.74, 6) is 0.910. The summed E-state index contributed by atoms with van der Waals surface area (Å²) in [4.78, 5) is 26.9. The van der Waals surface area contributed by atoms with E-state index in [0.717, 1.165) is 6.42 Å². The first kappa shape index (κ1) is 17.6. The summed E-state index contributed by atoms with van der Waals surface area (Å²) < 4.78 is 0. The van der Waals surface area contributed by atoms with E-state index < -0.39 is 6.03 Å². The first-order chi connectivity index (χ1) is 10.7. The Bertz CT molecular complexity index is 528. The lowest BCUT2D eigenvalue weighted by atomic mass is 9.63. The summed E-state index contributed by atoms with van der Waals surface area (Å²) in [6.45, 7) is 11.1. The van der Waals surface area contributed by atoms with E-state index in [1.807, 2.05) is 0 Å². The lowest BCUT2D eigenvalue weighted by Crippen LogP contribution is -2.51. The van der Waals surface area contributed by atoms with Gasteiger partial charge in [0.05, 0.1) is 0 Å². The Morgan fingerprint density at radius 2 is 1.78 bits per heavy atom. The highest BCUT2D eigenvalue weighted by molar-refractivity contribution is 5.88. The number of amides is 3. The molecule has 3 amide bonds. The Morgan fingerprint density at radius 3 is 2.35 bits per heavy atom. The molecule has 0 bridgehead atoms. The Kier molecular flexibility index (Phi) is 5.17. The summed E-state index contributed by atoms with van der Waals surface area (Å²) >= 11 is 0. The van der Waals surface area contributed by atoms with Crippen molar-refractivity contribution < 1.29 is 9.59 Å². The Hall–Kier alpha value is -1.78. The van der Waals surface area contributed by atoms with Gasteiger partial charge in [0.25, 0.3) is 0 Å². The maximum atomic E-state index is 12.4. The molecule has 1 heterocycles. The first-order valence-electron chi connectivity index (χ1n) is 8.41. The molecular formula is C18H29N3O2. The standard InChI is InChI=1S/C18H29N3O2/c1-13-5-6-14(2)18(3,4)15(13)7-8-16(22)20-9-11-21(12-10-20)17(19)23/h5,7-8,14-15H,6,9-12H2,1-4H3,(H2,19,23)/b8-7+. The third-order valence-electron chi connectivity index (χ3n) is 5.69. The molecule has 0 aromatic rings. The maximum absolute atomic E-state index is 12.4. The van der Waals surface area contributed by atoms with Gasteiger partial charge in [-0.1, -0.05) is 38.5 Å². The number of carbonyl (C=O) groups is 2. The second-order valence-electron chi connectivity index (χ2n) is 7.39. The van der Waals surface area contributed by atoms with Gasteiger partial charge in [0.15, 0.2) is 0 Å². The van der Waals surface area contributed by atoms with E-state index in [1.54, 1.807) is 15.9 Å². The molecule has 0 saturated carbocycles. The summed E-state index contributed by atoms with van der Waals surface area (Å²) in [7, 11) is 0. The van der Waals surface area contributed by atoms with Crippen LogP contribution in [-0.4, -0.2) is 47.9 Å². The Balaban J connectivity index is 2.00. The molecule has 1 aliphatic carbocycles. The van der Waals surface area contributed by atoms with Crippen molar-refractivity contribution in [3.63, 3.8) is 0 Å². The van der Waals surface area contributed by atoms with E-state index in [2.05, 4.69) is 39.8 Å². The molecule has 2 unspecified atom stereocenters. The average Bonchev–Trinajstić information content (AvgIpc) is 2.51. The van der Waals surface area contributed by atoms with Gasteiger partial charge in [-0.2, -0.15) is 0 Å². The quantitative estimate of drug-likeness (QED) is 0.627. The van der Waals surface area contributed by atoms with Crippen molar-refractivity contribution in [1.29, 1.82) is 0 Å². The maximum Gasteiger partial charge on any atom is 0.314 e. The molecule has 23 heavy (non-hydrogen) atoms. The zero-order valence-electron chi connectivity index (χ0n) is 14.7. The monoisotopic (exact) mass is 319 g/mol. The lowest BCUT2D eigenvalue weighted by molar-refractivity contribution is -0.127. The zero-order valence-corrected chi connectivity index (χ0v) is 14.7. The average molecular weight is 319 g/mol. The molecule has 2 atom stereocenters. The molecule has 0 aromatic carbocycles. The van der Waals surface area contributed by atoms with Crippen molar-refractivity contribution in [1.82, 2.24) is 9.80 Å². The molecule has 5 heteroatoms. The van der Waals surface area contributed by atoms with E-state index in [9.17, 15) is 9.59 Å². The second kappa shape index (κ2) is 6.77. The van der Waals surface area contributed by atoms with Gasteiger partial charge in [0.1, 0.15) is 0 Å². The molecule has 1 fully saturated rings. The van der Waals surface area contributed by atoms with Gasteiger partial charge < -0.3 is 15.5 Å². The minimum Gasteiger partial charge on any atom is -0.351 e. The normalized spacial score (nSPS) is 27.9. The number of hydrogen-bond acceptors (Lipinski definition) is 2. The molecule has 5 nitrogen and oxygen atoms in total.